The van der Waals surface area contributed by atoms with Crippen molar-refractivity contribution in [2.75, 3.05) is 0 Å². The Bertz CT molecular complexity index is 394. The molecule has 5 nitrogen and oxygen atoms in total. The van der Waals surface area contributed by atoms with Crippen LogP contribution >= 0.6 is 0 Å². The maximum atomic E-state index is 10.5. The summed E-state index contributed by atoms with van der Waals surface area (Å²) in [6.07, 6.45) is -0.0744. The van der Waals surface area contributed by atoms with E-state index in [0.717, 1.165) is 0 Å². The molecular weight excluding hydrogens is 197 g/mol. The largest absolute Gasteiger partial charge is 0.505 e. The molecule has 78 valence electrons. The highest BCUT2D eigenvalue weighted by Crippen LogP contribution is 2.26. The Labute approximate surface area is 87.6 Å². The highest BCUT2D eigenvalue weighted by Gasteiger charge is 2.16. The fourth-order valence-electron chi connectivity index (χ4n) is 1.13. The third kappa shape index (κ3) is 2.41. The van der Waals surface area contributed by atoms with Crippen molar-refractivity contribution in [3.8, 4) is 11.5 Å². The van der Waals surface area contributed by atoms with Gasteiger partial charge in [0.25, 0.3) is 0 Å². The molecule has 1 unspecified atom stereocenters. The first-order valence-electron chi connectivity index (χ1n) is 4.21. The van der Waals surface area contributed by atoms with Crippen molar-refractivity contribution in [3.63, 3.8) is 0 Å². The van der Waals surface area contributed by atoms with Crippen molar-refractivity contribution in [3.05, 3.63) is 17.7 Å². The third-order valence-electron chi connectivity index (χ3n) is 2.02. The predicted octanol–water partition coefficient (Wildman–Crippen LogP) is -1.15. The van der Waals surface area contributed by atoms with Crippen LogP contribution in [0.1, 0.15) is 5.56 Å². The number of carboxylic acids is 1. The number of phenolic OH excluding ortho intramolecular Hbond substituents is 2. The first-order chi connectivity index (χ1) is 6.93. The molecule has 0 aliphatic heterocycles. The number of hydrogen-bond acceptors (Lipinski definition) is 4. The highest BCUT2D eigenvalue weighted by molar-refractivity contribution is 6.34. The summed E-state index contributed by atoms with van der Waals surface area (Å²) in [5, 5.41) is 27.3. The van der Waals surface area contributed by atoms with Crippen LogP contribution in [0.15, 0.2) is 12.1 Å². The molecule has 2 radical (unpaired) electrons. The van der Waals surface area contributed by atoms with E-state index in [1.54, 1.807) is 0 Å². The number of hydrogen-bond donors (Lipinski definition) is 4. The Kier molecular flexibility index (Phi) is 3.21. The van der Waals surface area contributed by atoms with Crippen LogP contribution in [0.2, 0.25) is 0 Å². The number of carboxylic acid groups (broad SMARTS) is 1. The SMILES string of the molecule is [B]c1ccc(CC(N)C(=O)O)c(O)c1O. The van der Waals surface area contributed by atoms with E-state index in [0.29, 0.717) is 0 Å². The molecule has 6 heteroatoms. The number of aromatic hydroxyl groups is 2. The number of phenols is 2. The number of rotatable bonds is 3. The molecule has 0 bridgehead atoms. The van der Waals surface area contributed by atoms with Gasteiger partial charge in [0.05, 0.1) is 0 Å². The van der Waals surface area contributed by atoms with Crippen LogP contribution in [0.4, 0.5) is 0 Å². The quantitative estimate of drug-likeness (QED) is 0.370. The van der Waals surface area contributed by atoms with Gasteiger partial charge in [-0.2, -0.15) is 0 Å². The van der Waals surface area contributed by atoms with Crippen LogP contribution in [-0.2, 0) is 11.2 Å². The van der Waals surface area contributed by atoms with Gasteiger partial charge in [0.2, 0.25) is 0 Å². The molecule has 1 rings (SSSR count). The van der Waals surface area contributed by atoms with Gasteiger partial charge in [-0.3, -0.25) is 4.79 Å². The van der Waals surface area contributed by atoms with E-state index in [1.807, 2.05) is 0 Å². The highest BCUT2D eigenvalue weighted by atomic mass is 16.4. The van der Waals surface area contributed by atoms with Gasteiger partial charge in [-0.15, -0.1) is 0 Å². The maximum Gasteiger partial charge on any atom is 0.320 e. The van der Waals surface area contributed by atoms with Gasteiger partial charge in [-0.1, -0.05) is 17.6 Å². The molecule has 5 N–H and O–H groups in total. The van der Waals surface area contributed by atoms with Crippen molar-refractivity contribution in [2.45, 2.75) is 12.5 Å². The fraction of sp³-hybridized carbons (Fsp3) is 0.222. The van der Waals surface area contributed by atoms with Crippen LogP contribution in [0.25, 0.3) is 0 Å². The Balaban J connectivity index is 2.97. The summed E-state index contributed by atoms with van der Waals surface area (Å²) in [6.45, 7) is 0. The summed E-state index contributed by atoms with van der Waals surface area (Å²) in [7, 11) is 5.32. The first kappa shape index (κ1) is 11.4. The first-order valence-corrected chi connectivity index (χ1v) is 4.21. The Hall–Kier alpha value is -1.69. The average molecular weight is 207 g/mol. The summed E-state index contributed by atoms with van der Waals surface area (Å²) in [6, 6.07) is 1.67. The lowest BCUT2D eigenvalue weighted by molar-refractivity contribution is -0.138. The monoisotopic (exact) mass is 207 g/mol. The maximum absolute atomic E-state index is 10.5. The molecule has 0 saturated heterocycles. The third-order valence-corrected chi connectivity index (χ3v) is 2.02. The zero-order valence-corrected chi connectivity index (χ0v) is 7.84. The molecule has 0 heterocycles. The Morgan fingerprint density at radius 3 is 2.53 bits per heavy atom. The van der Waals surface area contributed by atoms with E-state index in [2.05, 4.69) is 0 Å². The fourth-order valence-corrected chi connectivity index (χ4v) is 1.13. The molecule has 0 fully saturated rings. The minimum atomic E-state index is -1.18. The van der Waals surface area contributed by atoms with Crippen LogP contribution in [0.3, 0.4) is 0 Å². The van der Waals surface area contributed by atoms with Crippen molar-refractivity contribution < 1.29 is 20.1 Å². The topological polar surface area (TPSA) is 104 Å². The van der Waals surface area contributed by atoms with Gasteiger partial charge in [0, 0.05) is 6.42 Å². The summed E-state index contributed by atoms with van der Waals surface area (Å²) < 4.78 is 0. The van der Waals surface area contributed by atoms with E-state index < -0.39 is 23.5 Å². The van der Waals surface area contributed by atoms with Gasteiger partial charge in [0.15, 0.2) is 5.75 Å². The molecule has 0 amide bonds. The van der Waals surface area contributed by atoms with Gasteiger partial charge >= 0.3 is 5.97 Å². The lowest BCUT2D eigenvalue weighted by Gasteiger charge is -2.10. The molecule has 1 atom stereocenters. The van der Waals surface area contributed by atoms with Crippen molar-refractivity contribution in [1.29, 1.82) is 0 Å². The Morgan fingerprint density at radius 1 is 1.40 bits per heavy atom. The molecule has 0 aliphatic rings. The molecule has 0 aliphatic carbocycles. The molecule has 0 spiro atoms. The van der Waals surface area contributed by atoms with E-state index in [1.165, 1.54) is 12.1 Å². The second kappa shape index (κ2) is 4.23. The van der Waals surface area contributed by atoms with Crippen LogP contribution < -0.4 is 11.2 Å². The van der Waals surface area contributed by atoms with Gasteiger partial charge in [-0.05, 0) is 5.56 Å². The number of nitrogens with two attached hydrogens (primary N) is 1. The van der Waals surface area contributed by atoms with E-state index in [4.69, 9.17) is 18.7 Å². The second-order valence-corrected chi connectivity index (χ2v) is 3.16. The summed E-state index contributed by atoms with van der Waals surface area (Å²) in [5.41, 5.74) is 5.56. The van der Waals surface area contributed by atoms with E-state index in [-0.39, 0.29) is 17.4 Å². The second-order valence-electron chi connectivity index (χ2n) is 3.16. The zero-order chi connectivity index (χ0) is 11.6. The molecule has 1 aromatic carbocycles. The molecule has 0 saturated carbocycles. The molecule has 1 aromatic rings. The summed E-state index contributed by atoms with van der Waals surface area (Å²) in [4.78, 5) is 10.5. The number of benzene rings is 1. The lowest BCUT2D eigenvalue weighted by Crippen LogP contribution is -2.32. The van der Waals surface area contributed by atoms with Crippen molar-refractivity contribution in [2.24, 2.45) is 5.73 Å². The normalized spacial score (nSPS) is 12.3. The van der Waals surface area contributed by atoms with Crippen LogP contribution in [0, 0.1) is 0 Å². The molecular formula is C9H10BNO4. The smallest absolute Gasteiger partial charge is 0.320 e. The van der Waals surface area contributed by atoms with Crippen molar-refractivity contribution in [1.82, 2.24) is 0 Å². The summed E-state index contributed by atoms with van der Waals surface area (Å²) >= 11 is 0. The van der Waals surface area contributed by atoms with Gasteiger partial charge < -0.3 is 21.1 Å². The van der Waals surface area contributed by atoms with Crippen LogP contribution in [-0.4, -0.2) is 35.2 Å². The summed E-state index contributed by atoms with van der Waals surface area (Å²) in [5.74, 6) is -2.05. The molecule has 15 heavy (non-hydrogen) atoms. The van der Waals surface area contributed by atoms with Gasteiger partial charge in [0.1, 0.15) is 19.6 Å². The minimum Gasteiger partial charge on any atom is -0.505 e. The van der Waals surface area contributed by atoms with E-state index >= 15 is 0 Å². The average Bonchev–Trinajstić information content (AvgIpc) is 2.18. The van der Waals surface area contributed by atoms with E-state index in [9.17, 15) is 15.0 Å². The predicted molar refractivity (Wildman–Crippen MR) is 54.5 cm³/mol. The Morgan fingerprint density at radius 2 is 2.00 bits per heavy atom. The standard InChI is InChI=1S/C9H10BNO4/c10-5-2-1-4(7(12)8(5)13)3-6(11)9(14)15/h1-2,6,12-13H,3,11H2,(H,14,15). The lowest BCUT2D eigenvalue weighted by atomic mass is 9.92. The number of carbonyl (C=O) groups is 1. The van der Waals surface area contributed by atoms with Gasteiger partial charge in [-0.25, -0.2) is 0 Å². The van der Waals surface area contributed by atoms with Crippen LogP contribution in [0.5, 0.6) is 11.5 Å². The molecule has 0 aromatic heterocycles. The zero-order valence-electron chi connectivity index (χ0n) is 7.84. The minimum absolute atomic E-state index is 0.0279. The number of aliphatic carboxylic acids is 1. The van der Waals surface area contributed by atoms with Crippen molar-refractivity contribution >= 4 is 19.3 Å².